The number of carbonyl (C=O) groups is 1. The Morgan fingerprint density at radius 3 is 2.25 bits per heavy atom. The van der Waals surface area contributed by atoms with Gasteiger partial charge in [0.2, 0.25) is 5.97 Å². The van der Waals surface area contributed by atoms with Crippen molar-refractivity contribution in [3.05, 3.63) is 52.2 Å². The van der Waals surface area contributed by atoms with Gasteiger partial charge in [-0.05, 0) is 55.9 Å². The first kappa shape index (κ1) is 21.7. The van der Waals surface area contributed by atoms with Crippen molar-refractivity contribution in [1.82, 2.24) is 4.90 Å². The largest absolute Gasteiger partial charge is 0.397 e. The lowest BCUT2D eigenvalue weighted by Crippen LogP contribution is -2.38. The van der Waals surface area contributed by atoms with Crippen LogP contribution in [0.2, 0.25) is 0 Å². The minimum atomic E-state index is -3.16. The van der Waals surface area contributed by atoms with Crippen molar-refractivity contribution in [2.75, 3.05) is 13.6 Å². The maximum absolute atomic E-state index is 14.1. The number of carbonyl (C=O) groups excluding carboxylic acids is 1. The summed E-state index contributed by atoms with van der Waals surface area (Å²) in [6.45, 7) is 10.1. The Morgan fingerprint density at radius 1 is 1.29 bits per heavy atom. The molecule has 2 rings (SSSR count). The van der Waals surface area contributed by atoms with Crippen LogP contribution in [0.5, 0.6) is 0 Å². The third-order valence-electron chi connectivity index (χ3n) is 4.78. The average molecular weight is 393 g/mol. The van der Waals surface area contributed by atoms with Crippen molar-refractivity contribution in [2.24, 2.45) is 10.7 Å². The molecular formula is C21H26F3N3O. The number of hydrogen-bond acceptors (Lipinski definition) is 3. The maximum Gasteiger partial charge on any atom is 0.278 e. The van der Waals surface area contributed by atoms with Gasteiger partial charge in [-0.1, -0.05) is 24.3 Å². The van der Waals surface area contributed by atoms with E-state index in [0.29, 0.717) is 5.57 Å². The normalized spacial score (nSPS) is 15.5. The zero-order valence-electron chi connectivity index (χ0n) is 16.7. The van der Waals surface area contributed by atoms with Gasteiger partial charge in [0.05, 0.1) is 5.70 Å². The second-order valence-electron chi connectivity index (χ2n) is 7.19. The third kappa shape index (κ3) is 4.64. The number of nitrogens with zero attached hydrogens (tertiary/aromatic N) is 2. The summed E-state index contributed by atoms with van der Waals surface area (Å²) in [4.78, 5) is 17.6. The second kappa shape index (κ2) is 8.63. The molecule has 0 spiro atoms. The third-order valence-corrected chi connectivity index (χ3v) is 4.78. The SMILES string of the molecule is C=C(CN(C(=O)C(C(F)=NC)=C(N)C(F)F)C1CC1)c1c(C)cc(C)cc1C. The van der Waals surface area contributed by atoms with Crippen molar-refractivity contribution >= 4 is 17.4 Å². The zero-order valence-corrected chi connectivity index (χ0v) is 16.7. The van der Waals surface area contributed by atoms with E-state index < -0.39 is 29.6 Å². The van der Waals surface area contributed by atoms with Gasteiger partial charge in [-0.25, -0.2) is 8.78 Å². The molecular weight excluding hydrogens is 367 g/mol. The van der Waals surface area contributed by atoms with Crippen LogP contribution in [0, 0.1) is 20.8 Å². The molecule has 1 aliphatic carbocycles. The fraction of sp³-hybridized carbons (Fsp3) is 0.429. The molecule has 0 saturated heterocycles. The average Bonchev–Trinajstić information content (AvgIpc) is 3.43. The highest BCUT2D eigenvalue weighted by Crippen LogP contribution is 2.32. The van der Waals surface area contributed by atoms with Crippen LogP contribution >= 0.6 is 0 Å². The Kier molecular flexibility index (Phi) is 6.69. The Hall–Kier alpha value is -2.57. The zero-order chi connectivity index (χ0) is 21.2. The molecule has 0 aliphatic heterocycles. The lowest BCUT2D eigenvalue weighted by atomic mass is 9.94. The van der Waals surface area contributed by atoms with E-state index in [-0.39, 0.29) is 12.6 Å². The Balaban J connectivity index is 2.40. The molecule has 28 heavy (non-hydrogen) atoms. The molecule has 0 bridgehead atoms. The van der Waals surface area contributed by atoms with Gasteiger partial charge in [-0.15, -0.1) is 0 Å². The number of halogens is 3. The van der Waals surface area contributed by atoms with E-state index in [0.717, 1.165) is 42.1 Å². The molecule has 1 aliphatic rings. The molecule has 0 atom stereocenters. The van der Waals surface area contributed by atoms with Crippen molar-refractivity contribution < 1.29 is 18.0 Å². The molecule has 1 fully saturated rings. The quantitative estimate of drug-likeness (QED) is 0.560. The number of aliphatic imine (C=N–C) groups is 1. The fourth-order valence-corrected chi connectivity index (χ4v) is 3.47. The van der Waals surface area contributed by atoms with E-state index in [1.165, 1.54) is 4.90 Å². The van der Waals surface area contributed by atoms with Crippen molar-refractivity contribution in [1.29, 1.82) is 0 Å². The number of amides is 1. The predicted molar refractivity (Wildman–Crippen MR) is 106 cm³/mol. The molecule has 1 amide bonds. The Bertz CT molecular complexity index is 831. The summed E-state index contributed by atoms with van der Waals surface area (Å²) < 4.78 is 40.3. The molecule has 7 heteroatoms. The summed E-state index contributed by atoms with van der Waals surface area (Å²) in [5.41, 5.74) is 8.08. The summed E-state index contributed by atoms with van der Waals surface area (Å²) in [5.74, 6) is -2.17. The molecule has 0 heterocycles. The van der Waals surface area contributed by atoms with Crippen LogP contribution in [-0.4, -0.2) is 42.8 Å². The van der Waals surface area contributed by atoms with Gasteiger partial charge in [0.15, 0.2) is 0 Å². The molecule has 152 valence electrons. The van der Waals surface area contributed by atoms with E-state index >= 15 is 0 Å². The van der Waals surface area contributed by atoms with Gasteiger partial charge in [0.1, 0.15) is 5.57 Å². The summed E-state index contributed by atoms with van der Waals surface area (Å²) in [5, 5.41) is 0. The van der Waals surface area contributed by atoms with Crippen LogP contribution in [0.25, 0.3) is 5.57 Å². The van der Waals surface area contributed by atoms with Crippen LogP contribution < -0.4 is 5.73 Å². The van der Waals surface area contributed by atoms with E-state index in [9.17, 15) is 18.0 Å². The van der Waals surface area contributed by atoms with Gasteiger partial charge in [0, 0.05) is 19.6 Å². The summed E-state index contributed by atoms with van der Waals surface area (Å²) in [6.07, 6.45) is -1.72. The highest BCUT2D eigenvalue weighted by molar-refractivity contribution is 6.19. The second-order valence-corrected chi connectivity index (χ2v) is 7.19. The topological polar surface area (TPSA) is 58.7 Å². The lowest BCUT2D eigenvalue weighted by Gasteiger charge is -2.26. The summed E-state index contributed by atoms with van der Waals surface area (Å²) in [6, 6.07) is 3.88. The first-order chi connectivity index (χ1) is 13.1. The number of alkyl halides is 2. The van der Waals surface area contributed by atoms with E-state index in [4.69, 9.17) is 5.73 Å². The van der Waals surface area contributed by atoms with Gasteiger partial charge >= 0.3 is 0 Å². The highest BCUT2D eigenvalue weighted by Gasteiger charge is 2.37. The first-order valence-corrected chi connectivity index (χ1v) is 9.05. The standard InChI is InChI=1S/C21H26F3N3O/c1-11-8-12(2)16(13(3)9-11)14(4)10-27(15-6-7-15)21(28)17(20(24)26-5)18(25)19(22)23/h8-9,15,19H,4,6-7,10,25H2,1-3,5H3. The monoisotopic (exact) mass is 393 g/mol. The van der Waals surface area contributed by atoms with Gasteiger partial charge < -0.3 is 10.6 Å². The highest BCUT2D eigenvalue weighted by atomic mass is 19.3. The molecule has 4 nitrogen and oxygen atoms in total. The van der Waals surface area contributed by atoms with Crippen LogP contribution in [0.3, 0.4) is 0 Å². The van der Waals surface area contributed by atoms with E-state index in [1.54, 1.807) is 0 Å². The van der Waals surface area contributed by atoms with Crippen LogP contribution in [0.1, 0.15) is 35.1 Å². The molecule has 2 N–H and O–H groups in total. The number of nitrogens with two attached hydrogens (primary N) is 1. The molecule has 1 aromatic carbocycles. The molecule has 0 unspecified atom stereocenters. The van der Waals surface area contributed by atoms with Gasteiger partial charge in [-0.3, -0.25) is 9.79 Å². The minimum Gasteiger partial charge on any atom is -0.397 e. The predicted octanol–water partition coefficient (Wildman–Crippen LogP) is 4.09. The molecule has 1 aromatic rings. The number of allylic oxidation sites excluding steroid dienone is 1. The lowest BCUT2D eigenvalue weighted by molar-refractivity contribution is -0.126. The number of hydrogen-bond donors (Lipinski definition) is 1. The Labute approximate surface area is 163 Å². The summed E-state index contributed by atoms with van der Waals surface area (Å²) in [7, 11) is 1.08. The van der Waals surface area contributed by atoms with Crippen LogP contribution in [0.15, 0.2) is 35.0 Å². The number of rotatable bonds is 7. The number of benzene rings is 1. The minimum absolute atomic E-state index is 0.102. The molecule has 1 saturated carbocycles. The fourth-order valence-electron chi connectivity index (χ4n) is 3.47. The van der Waals surface area contributed by atoms with Crippen LogP contribution in [-0.2, 0) is 4.79 Å². The van der Waals surface area contributed by atoms with Crippen LogP contribution in [0.4, 0.5) is 13.2 Å². The van der Waals surface area contributed by atoms with Gasteiger partial charge in [-0.2, -0.15) is 4.39 Å². The first-order valence-electron chi connectivity index (χ1n) is 9.05. The van der Waals surface area contributed by atoms with Crippen molar-refractivity contribution in [2.45, 2.75) is 46.1 Å². The van der Waals surface area contributed by atoms with Gasteiger partial charge in [0.25, 0.3) is 12.3 Å². The van der Waals surface area contributed by atoms with E-state index in [1.807, 2.05) is 32.9 Å². The van der Waals surface area contributed by atoms with Crippen molar-refractivity contribution in [3.8, 4) is 0 Å². The van der Waals surface area contributed by atoms with Crippen molar-refractivity contribution in [3.63, 3.8) is 0 Å². The molecule has 0 aromatic heterocycles. The summed E-state index contributed by atoms with van der Waals surface area (Å²) >= 11 is 0. The van der Waals surface area contributed by atoms with E-state index in [2.05, 4.69) is 11.6 Å². The smallest absolute Gasteiger partial charge is 0.278 e. The number of aryl methyl sites for hydroxylation is 3. The maximum atomic E-state index is 14.1. The Morgan fingerprint density at radius 2 is 1.82 bits per heavy atom. The molecule has 0 radical (unpaired) electrons.